The highest BCUT2D eigenvalue weighted by molar-refractivity contribution is 7.91. The zero-order valence-electron chi connectivity index (χ0n) is 10.3. The highest BCUT2D eigenvalue weighted by Crippen LogP contribution is 2.17. The first-order valence-electron chi connectivity index (χ1n) is 5.53. The second-order valence-electron chi connectivity index (χ2n) is 4.32. The van der Waals surface area contributed by atoms with Crippen LogP contribution in [0.25, 0.3) is 0 Å². The number of nitrogens with one attached hydrogen (secondary N) is 1. The van der Waals surface area contributed by atoms with Crippen LogP contribution >= 0.6 is 0 Å². The molecule has 0 saturated heterocycles. The Morgan fingerprint density at radius 1 is 1.44 bits per heavy atom. The van der Waals surface area contributed by atoms with E-state index in [0.29, 0.717) is 18.8 Å². The van der Waals surface area contributed by atoms with Gasteiger partial charge in [0.1, 0.15) is 5.72 Å². The van der Waals surface area contributed by atoms with Crippen LogP contribution in [0.3, 0.4) is 0 Å². The number of rotatable bonds is 6. The molecule has 0 aromatic heterocycles. The number of sulfone groups is 1. The average molecular weight is 273 g/mol. The second-order valence-corrected chi connectivity index (χ2v) is 6.31. The molecule has 0 aliphatic heterocycles. The molecular formula is C11H19N3O3S. The minimum atomic E-state index is -3.60. The molecule has 0 bridgehead atoms. The SMILES string of the molecule is CC(O)(CS(=O)(=O)c1cccc(N)c1)NCCN. The molecule has 1 unspecified atom stereocenters. The van der Waals surface area contributed by atoms with E-state index in [2.05, 4.69) is 5.32 Å². The molecule has 0 amide bonds. The Bertz CT molecular complexity index is 500. The van der Waals surface area contributed by atoms with Crippen LogP contribution in [0.4, 0.5) is 5.69 Å². The Labute approximate surface area is 107 Å². The standard InChI is InChI=1S/C11H19N3O3S/c1-11(15,14-6-5-12)8-18(16,17)10-4-2-3-9(13)7-10/h2-4,7,14-15H,5-6,8,12-13H2,1H3. The number of hydrogen-bond acceptors (Lipinski definition) is 6. The Morgan fingerprint density at radius 2 is 2.11 bits per heavy atom. The molecule has 0 aliphatic carbocycles. The maximum Gasteiger partial charge on any atom is 0.182 e. The van der Waals surface area contributed by atoms with Gasteiger partial charge in [0, 0.05) is 18.8 Å². The lowest BCUT2D eigenvalue weighted by molar-refractivity contribution is 0.0483. The van der Waals surface area contributed by atoms with Gasteiger partial charge < -0.3 is 16.6 Å². The topological polar surface area (TPSA) is 118 Å². The second kappa shape index (κ2) is 5.66. The molecule has 1 aromatic carbocycles. The van der Waals surface area contributed by atoms with Gasteiger partial charge in [-0.2, -0.15) is 0 Å². The Balaban J connectivity index is 2.88. The fourth-order valence-electron chi connectivity index (χ4n) is 1.55. The van der Waals surface area contributed by atoms with Crippen molar-refractivity contribution in [2.45, 2.75) is 17.5 Å². The number of benzene rings is 1. The summed E-state index contributed by atoms with van der Waals surface area (Å²) in [4.78, 5) is 0.0947. The van der Waals surface area contributed by atoms with Crippen molar-refractivity contribution in [3.63, 3.8) is 0 Å². The minimum Gasteiger partial charge on any atom is -0.399 e. The molecule has 7 heteroatoms. The van der Waals surface area contributed by atoms with Crippen molar-refractivity contribution in [2.75, 3.05) is 24.6 Å². The summed E-state index contributed by atoms with van der Waals surface area (Å²) < 4.78 is 24.2. The number of nitrogens with two attached hydrogens (primary N) is 2. The zero-order valence-corrected chi connectivity index (χ0v) is 11.1. The fourth-order valence-corrected chi connectivity index (χ4v) is 3.16. The maximum atomic E-state index is 12.1. The van der Waals surface area contributed by atoms with E-state index >= 15 is 0 Å². The van der Waals surface area contributed by atoms with E-state index in [1.807, 2.05) is 0 Å². The van der Waals surface area contributed by atoms with Gasteiger partial charge in [-0.3, -0.25) is 5.32 Å². The molecule has 6 N–H and O–H groups in total. The first-order chi connectivity index (χ1) is 8.27. The van der Waals surface area contributed by atoms with Crippen molar-refractivity contribution >= 4 is 15.5 Å². The molecule has 1 aromatic rings. The predicted molar refractivity (Wildman–Crippen MR) is 70.6 cm³/mol. The van der Waals surface area contributed by atoms with Crippen LogP contribution < -0.4 is 16.8 Å². The van der Waals surface area contributed by atoms with Crippen LogP contribution in [0, 0.1) is 0 Å². The van der Waals surface area contributed by atoms with E-state index in [9.17, 15) is 13.5 Å². The smallest absolute Gasteiger partial charge is 0.182 e. The summed E-state index contributed by atoms with van der Waals surface area (Å²) in [5.74, 6) is -0.441. The van der Waals surface area contributed by atoms with Gasteiger partial charge in [-0.25, -0.2) is 8.42 Å². The molecule has 18 heavy (non-hydrogen) atoms. The fraction of sp³-hybridized carbons (Fsp3) is 0.455. The molecular weight excluding hydrogens is 254 g/mol. The number of aliphatic hydroxyl groups is 1. The number of anilines is 1. The lowest BCUT2D eigenvalue weighted by Crippen LogP contribution is -2.49. The summed E-state index contributed by atoms with van der Waals surface area (Å²) in [6.45, 7) is 2.04. The quantitative estimate of drug-likeness (QED) is 0.402. The molecule has 102 valence electrons. The van der Waals surface area contributed by atoms with Gasteiger partial charge in [-0.15, -0.1) is 0 Å². The molecule has 0 aliphatic rings. The third-order valence-electron chi connectivity index (χ3n) is 2.34. The molecule has 0 fully saturated rings. The summed E-state index contributed by atoms with van der Waals surface area (Å²) >= 11 is 0. The third-order valence-corrected chi connectivity index (χ3v) is 4.25. The van der Waals surface area contributed by atoms with E-state index in [-0.39, 0.29) is 4.90 Å². The molecule has 1 rings (SSSR count). The van der Waals surface area contributed by atoms with Crippen molar-refractivity contribution in [3.8, 4) is 0 Å². The van der Waals surface area contributed by atoms with Crippen molar-refractivity contribution in [1.29, 1.82) is 0 Å². The summed E-state index contributed by atoms with van der Waals surface area (Å²) in [5.41, 5.74) is 9.67. The van der Waals surface area contributed by atoms with Gasteiger partial charge in [0.2, 0.25) is 0 Å². The van der Waals surface area contributed by atoms with Gasteiger partial charge in [0.25, 0.3) is 0 Å². The lowest BCUT2D eigenvalue weighted by Gasteiger charge is -2.24. The third kappa shape index (κ3) is 4.26. The van der Waals surface area contributed by atoms with E-state index in [0.717, 1.165) is 0 Å². The van der Waals surface area contributed by atoms with Crippen LogP contribution in [0.1, 0.15) is 6.92 Å². The summed E-state index contributed by atoms with van der Waals surface area (Å²) in [6, 6.07) is 5.98. The number of nitrogen functional groups attached to an aromatic ring is 1. The van der Waals surface area contributed by atoms with Gasteiger partial charge in [-0.1, -0.05) is 6.07 Å². The van der Waals surface area contributed by atoms with E-state index in [1.165, 1.54) is 19.1 Å². The number of hydrogen-bond donors (Lipinski definition) is 4. The molecule has 0 spiro atoms. The largest absolute Gasteiger partial charge is 0.399 e. The highest BCUT2D eigenvalue weighted by atomic mass is 32.2. The van der Waals surface area contributed by atoms with E-state index < -0.39 is 21.3 Å². The lowest BCUT2D eigenvalue weighted by atomic mass is 10.3. The maximum absolute atomic E-state index is 12.1. The van der Waals surface area contributed by atoms with Crippen molar-refractivity contribution in [1.82, 2.24) is 5.32 Å². The summed E-state index contributed by atoms with van der Waals surface area (Å²) in [7, 11) is -3.60. The van der Waals surface area contributed by atoms with Crippen LogP contribution in [0.15, 0.2) is 29.2 Å². The van der Waals surface area contributed by atoms with Gasteiger partial charge in [0.15, 0.2) is 9.84 Å². The Hall–Kier alpha value is -1.15. The van der Waals surface area contributed by atoms with Crippen molar-refractivity contribution in [3.05, 3.63) is 24.3 Å². The highest BCUT2D eigenvalue weighted by Gasteiger charge is 2.28. The van der Waals surface area contributed by atoms with Crippen LogP contribution in [0.5, 0.6) is 0 Å². The van der Waals surface area contributed by atoms with Crippen molar-refractivity contribution < 1.29 is 13.5 Å². The molecule has 6 nitrogen and oxygen atoms in total. The van der Waals surface area contributed by atoms with E-state index in [4.69, 9.17) is 11.5 Å². The van der Waals surface area contributed by atoms with Gasteiger partial charge in [0.05, 0.1) is 10.6 Å². The average Bonchev–Trinajstić information content (AvgIpc) is 2.25. The van der Waals surface area contributed by atoms with Gasteiger partial charge in [-0.05, 0) is 25.1 Å². The van der Waals surface area contributed by atoms with Crippen LogP contribution in [0.2, 0.25) is 0 Å². The zero-order chi connectivity index (χ0) is 13.8. The monoisotopic (exact) mass is 273 g/mol. The van der Waals surface area contributed by atoms with E-state index in [1.54, 1.807) is 12.1 Å². The Morgan fingerprint density at radius 3 is 2.67 bits per heavy atom. The minimum absolute atomic E-state index is 0.0947. The molecule has 0 radical (unpaired) electrons. The first kappa shape index (κ1) is 14.9. The summed E-state index contributed by atoms with van der Waals surface area (Å²) in [5, 5.41) is 12.6. The predicted octanol–water partition coefficient (Wildman–Crippen LogP) is -0.701. The normalized spacial score (nSPS) is 15.3. The molecule has 0 saturated carbocycles. The van der Waals surface area contributed by atoms with Crippen LogP contribution in [-0.4, -0.2) is 38.1 Å². The molecule has 1 atom stereocenters. The van der Waals surface area contributed by atoms with Gasteiger partial charge >= 0.3 is 0 Å². The van der Waals surface area contributed by atoms with Crippen LogP contribution in [-0.2, 0) is 9.84 Å². The van der Waals surface area contributed by atoms with Crippen molar-refractivity contribution in [2.24, 2.45) is 5.73 Å². The molecule has 0 heterocycles. The summed E-state index contributed by atoms with van der Waals surface area (Å²) in [6.07, 6.45) is 0. The first-order valence-corrected chi connectivity index (χ1v) is 7.18. The Kier molecular flexibility index (Phi) is 4.69.